The lowest BCUT2D eigenvalue weighted by molar-refractivity contribution is -0.114. The molecule has 2 N–H and O–H groups in total. The minimum atomic E-state index is -0.117. The molecule has 3 rings (SSSR count). The van der Waals surface area contributed by atoms with E-state index >= 15 is 0 Å². The van der Waals surface area contributed by atoms with Crippen LogP contribution in [0.5, 0.6) is 0 Å². The second kappa shape index (κ2) is 8.59. The highest BCUT2D eigenvalue weighted by atomic mass is 32.2. The molecule has 1 aliphatic carbocycles. The van der Waals surface area contributed by atoms with E-state index in [1.807, 2.05) is 24.3 Å². The zero-order valence-electron chi connectivity index (χ0n) is 15.3. The van der Waals surface area contributed by atoms with E-state index < -0.39 is 0 Å². The molecule has 0 saturated heterocycles. The molecule has 2 aromatic rings. The van der Waals surface area contributed by atoms with Crippen molar-refractivity contribution in [2.75, 3.05) is 16.4 Å². The molecule has 0 spiro atoms. The first-order chi connectivity index (χ1) is 13.0. The van der Waals surface area contributed by atoms with E-state index in [9.17, 15) is 14.9 Å². The van der Waals surface area contributed by atoms with Crippen LogP contribution in [0.2, 0.25) is 0 Å². The Morgan fingerprint density at radius 1 is 1.30 bits per heavy atom. The summed E-state index contributed by atoms with van der Waals surface area (Å²) >= 11 is 2.97. The number of thiophene rings is 1. The number of carbonyl (C=O) groups excluding carboxylic acids is 2. The third-order valence-electron chi connectivity index (χ3n) is 4.42. The van der Waals surface area contributed by atoms with Crippen molar-refractivity contribution in [2.45, 2.75) is 38.0 Å². The molecule has 0 bridgehead atoms. The Bertz CT molecular complexity index is 897. The van der Waals surface area contributed by atoms with E-state index in [-0.39, 0.29) is 17.6 Å². The lowest BCUT2D eigenvalue weighted by Gasteiger charge is -2.17. The number of hydrogen-bond donors (Lipinski definition) is 2. The second-order valence-electron chi connectivity index (χ2n) is 6.71. The van der Waals surface area contributed by atoms with Gasteiger partial charge in [0, 0.05) is 22.4 Å². The van der Waals surface area contributed by atoms with E-state index in [1.54, 1.807) is 11.3 Å². The first-order valence-electron chi connectivity index (χ1n) is 8.81. The molecule has 7 heteroatoms. The van der Waals surface area contributed by atoms with Gasteiger partial charge in [0.25, 0.3) is 0 Å². The number of thioether (sulfide) groups is 1. The van der Waals surface area contributed by atoms with Crippen LogP contribution in [-0.4, -0.2) is 17.6 Å². The van der Waals surface area contributed by atoms with Crippen LogP contribution in [-0.2, 0) is 22.4 Å². The first kappa shape index (κ1) is 19.5. The zero-order valence-corrected chi connectivity index (χ0v) is 16.9. The summed E-state index contributed by atoms with van der Waals surface area (Å²) in [5, 5.41) is 15.8. The summed E-state index contributed by atoms with van der Waals surface area (Å²) < 4.78 is 0. The number of fused-ring (bicyclic) bond motifs is 1. The van der Waals surface area contributed by atoms with Crippen molar-refractivity contribution in [1.82, 2.24) is 0 Å². The maximum absolute atomic E-state index is 12.4. The van der Waals surface area contributed by atoms with Gasteiger partial charge in [-0.05, 0) is 55.0 Å². The molecule has 1 atom stereocenters. The van der Waals surface area contributed by atoms with E-state index in [0.717, 1.165) is 35.4 Å². The molecule has 1 aliphatic rings. The molecule has 0 saturated carbocycles. The van der Waals surface area contributed by atoms with Crippen LogP contribution in [0.1, 0.15) is 36.3 Å². The fourth-order valence-electron chi connectivity index (χ4n) is 3.11. The molecule has 1 heterocycles. The highest BCUT2D eigenvalue weighted by molar-refractivity contribution is 8.00. The molecular weight excluding hydrogens is 378 g/mol. The number of anilines is 2. The SMILES string of the molecule is CC(=O)Nc1ccc(SCC(=O)Nc2sc3c(c2C#N)CCC(C)C3)cc1. The third kappa shape index (κ3) is 4.90. The van der Waals surface area contributed by atoms with E-state index in [2.05, 4.69) is 23.6 Å². The number of amides is 2. The van der Waals surface area contributed by atoms with Gasteiger partial charge < -0.3 is 10.6 Å². The quantitative estimate of drug-likeness (QED) is 0.729. The largest absolute Gasteiger partial charge is 0.326 e. The second-order valence-corrected chi connectivity index (χ2v) is 8.86. The Kier molecular flexibility index (Phi) is 6.19. The predicted octanol–water partition coefficient (Wildman–Crippen LogP) is 4.43. The van der Waals surface area contributed by atoms with E-state index in [4.69, 9.17) is 0 Å². The molecule has 2 amide bonds. The monoisotopic (exact) mass is 399 g/mol. The standard InChI is InChI=1S/C20H21N3O2S2/c1-12-3-8-16-17(10-21)20(27-18(16)9-12)23-19(25)11-26-15-6-4-14(5-7-15)22-13(2)24/h4-7,12H,3,8-9,11H2,1-2H3,(H,22,24)(H,23,25). The molecule has 140 valence electrons. The summed E-state index contributed by atoms with van der Waals surface area (Å²) in [6, 6.07) is 9.63. The predicted molar refractivity (Wildman–Crippen MR) is 110 cm³/mol. The van der Waals surface area contributed by atoms with Crippen LogP contribution >= 0.6 is 23.1 Å². The summed E-state index contributed by atoms with van der Waals surface area (Å²) in [5.41, 5.74) is 2.49. The van der Waals surface area contributed by atoms with Crippen molar-refractivity contribution in [3.8, 4) is 6.07 Å². The molecule has 0 fully saturated rings. The minimum absolute atomic E-state index is 0.115. The maximum atomic E-state index is 12.4. The topological polar surface area (TPSA) is 82.0 Å². The molecule has 0 radical (unpaired) electrons. The molecule has 1 aromatic carbocycles. The van der Waals surface area contributed by atoms with Gasteiger partial charge in [0.2, 0.25) is 11.8 Å². The van der Waals surface area contributed by atoms with Crippen molar-refractivity contribution in [1.29, 1.82) is 5.26 Å². The smallest absolute Gasteiger partial charge is 0.235 e. The van der Waals surface area contributed by atoms with E-state index in [1.165, 1.54) is 23.6 Å². The van der Waals surface area contributed by atoms with E-state index in [0.29, 0.717) is 16.5 Å². The van der Waals surface area contributed by atoms with Gasteiger partial charge in [-0.2, -0.15) is 5.26 Å². The number of nitrogens with zero attached hydrogens (tertiary/aromatic N) is 1. The molecular formula is C20H21N3O2S2. The van der Waals surface area contributed by atoms with Crippen molar-refractivity contribution < 1.29 is 9.59 Å². The Morgan fingerprint density at radius 3 is 2.70 bits per heavy atom. The van der Waals surface area contributed by atoms with Gasteiger partial charge in [0.1, 0.15) is 11.1 Å². The van der Waals surface area contributed by atoms with Crippen molar-refractivity contribution in [3.05, 3.63) is 40.3 Å². The number of hydrogen-bond acceptors (Lipinski definition) is 5. The molecule has 0 aliphatic heterocycles. The molecule has 27 heavy (non-hydrogen) atoms. The fourth-order valence-corrected chi connectivity index (χ4v) is 5.18. The lowest BCUT2D eigenvalue weighted by atomic mass is 9.89. The van der Waals surface area contributed by atoms with Gasteiger partial charge >= 0.3 is 0 Å². The molecule has 1 aromatic heterocycles. The van der Waals surface area contributed by atoms with Gasteiger partial charge in [-0.3, -0.25) is 9.59 Å². The highest BCUT2D eigenvalue weighted by Crippen LogP contribution is 2.39. The van der Waals surface area contributed by atoms with Crippen LogP contribution in [0.4, 0.5) is 10.7 Å². The van der Waals surface area contributed by atoms with Crippen LogP contribution < -0.4 is 10.6 Å². The Labute approximate surface area is 167 Å². The highest BCUT2D eigenvalue weighted by Gasteiger charge is 2.24. The first-order valence-corrected chi connectivity index (χ1v) is 10.6. The Balaban J connectivity index is 1.60. The van der Waals surface area contributed by atoms with Gasteiger partial charge in [0.15, 0.2) is 0 Å². The number of rotatable bonds is 5. The van der Waals surface area contributed by atoms with Gasteiger partial charge in [-0.1, -0.05) is 6.92 Å². The van der Waals surface area contributed by atoms with Crippen LogP contribution in [0.25, 0.3) is 0 Å². The number of nitrogens with one attached hydrogen (secondary N) is 2. The van der Waals surface area contributed by atoms with Gasteiger partial charge in [-0.25, -0.2) is 0 Å². The summed E-state index contributed by atoms with van der Waals surface area (Å²) in [4.78, 5) is 25.6. The van der Waals surface area contributed by atoms with Gasteiger partial charge in [-0.15, -0.1) is 23.1 Å². The average molecular weight is 400 g/mol. The van der Waals surface area contributed by atoms with Crippen molar-refractivity contribution in [3.63, 3.8) is 0 Å². The Morgan fingerprint density at radius 2 is 2.04 bits per heavy atom. The number of benzene rings is 1. The van der Waals surface area contributed by atoms with Crippen LogP contribution in [0.3, 0.4) is 0 Å². The summed E-state index contributed by atoms with van der Waals surface area (Å²) in [5.74, 6) is 0.663. The number of nitriles is 1. The van der Waals surface area contributed by atoms with Crippen molar-refractivity contribution in [2.24, 2.45) is 5.92 Å². The summed E-state index contributed by atoms with van der Waals surface area (Å²) in [6.45, 7) is 3.69. The maximum Gasteiger partial charge on any atom is 0.235 e. The van der Waals surface area contributed by atoms with Crippen molar-refractivity contribution >= 4 is 45.6 Å². The molecule has 1 unspecified atom stereocenters. The third-order valence-corrected chi connectivity index (χ3v) is 6.60. The normalized spacial score (nSPS) is 15.5. The van der Waals surface area contributed by atoms with Gasteiger partial charge in [0.05, 0.1) is 11.3 Å². The summed E-state index contributed by atoms with van der Waals surface area (Å²) in [7, 11) is 0. The Hall–Kier alpha value is -2.30. The lowest BCUT2D eigenvalue weighted by Crippen LogP contribution is -2.14. The fraction of sp³-hybridized carbons (Fsp3) is 0.350. The average Bonchev–Trinajstić information content (AvgIpc) is 2.96. The van der Waals surface area contributed by atoms with Crippen LogP contribution in [0, 0.1) is 17.2 Å². The van der Waals surface area contributed by atoms with Crippen LogP contribution in [0.15, 0.2) is 29.2 Å². The number of carbonyl (C=O) groups is 2. The summed E-state index contributed by atoms with van der Waals surface area (Å²) in [6.07, 6.45) is 3.00. The zero-order chi connectivity index (χ0) is 19.4. The minimum Gasteiger partial charge on any atom is -0.326 e. The molecule has 5 nitrogen and oxygen atoms in total.